The minimum absolute atomic E-state index is 0.0624. The Morgan fingerprint density at radius 2 is 2.08 bits per heavy atom. The topological polar surface area (TPSA) is 69.9 Å². The lowest BCUT2D eigenvalue weighted by atomic mass is 10.1. The molecule has 0 atom stereocenters. The van der Waals surface area contributed by atoms with E-state index in [2.05, 4.69) is 5.32 Å². The highest BCUT2D eigenvalue weighted by molar-refractivity contribution is 5.79. The summed E-state index contributed by atoms with van der Waals surface area (Å²) in [6.07, 6.45) is 2.60. The molecule has 24 heavy (non-hydrogen) atoms. The molecule has 0 saturated heterocycles. The van der Waals surface area contributed by atoms with Gasteiger partial charge in [0, 0.05) is 18.7 Å². The van der Waals surface area contributed by atoms with Gasteiger partial charge < -0.3 is 23.9 Å². The van der Waals surface area contributed by atoms with Gasteiger partial charge in [-0.05, 0) is 36.8 Å². The first-order valence-electron chi connectivity index (χ1n) is 7.80. The van der Waals surface area contributed by atoms with Crippen LogP contribution in [-0.2, 0) is 22.6 Å². The summed E-state index contributed by atoms with van der Waals surface area (Å²) in [5, 5.41) is 2.87. The summed E-state index contributed by atoms with van der Waals surface area (Å²) in [5.41, 5.74) is 0.795. The molecule has 0 bridgehead atoms. The lowest BCUT2D eigenvalue weighted by molar-refractivity contribution is -0.120. The number of rotatable bonds is 10. The number of amides is 1. The van der Waals surface area contributed by atoms with Crippen LogP contribution in [0.4, 0.5) is 0 Å². The second kappa shape index (κ2) is 9.62. The van der Waals surface area contributed by atoms with Crippen LogP contribution in [0.3, 0.4) is 0 Å². The summed E-state index contributed by atoms with van der Waals surface area (Å²) >= 11 is 0. The number of ether oxygens (including phenoxy) is 3. The summed E-state index contributed by atoms with van der Waals surface area (Å²) in [6, 6.07) is 9.10. The molecule has 0 fully saturated rings. The van der Waals surface area contributed by atoms with Crippen LogP contribution in [0.5, 0.6) is 11.5 Å². The van der Waals surface area contributed by atoms with E-state index in [1.54, 1.807) is 32.6 Å². The van der Waals surface area contributed by atoms with E-state index in [1.165, 1.54) is 0 Å². The van der Waals surface area contributed by atoms with Crippen molar-refractivity contribution in [1.29, 1.82) is 0 Å². The van der Waals surface area contributed by atoms with Gasteiger partial charge in [0.1, 0.15) is 23.9 Å². The van der Waals surface area contributed by atoms with Gasteiger partial charge in [0.2, 0.25) is 5.91 Å². The van der Waals surface area contributed by atoms with E-state index >= 15 is 0 Å². The van der Waals surface area contributed by atoms with Gasteiger partial charge in [0.25, 0.3) is 0 Å². The van der Waals surface area contributed by atoms with Crippen molar-refractivity contribution in [2.24, 2.45) is 0 Å². The lowest BCUT2D eigenvalue weighted by Crippen LogP contribution is -2.27. The van der Waals surface area contributed by atoms with Crippen molar-refractivity contribution in [3.05, 3.63) is 47.9 Å². The van der Waals surface area contributed by atoms with E-state index in [0.29, 0.717) is 31.3 Å². The SMILES string of the molecule is COc1ccc(OC)c(CC(=O)NCCCOCc2ccco2)c1. The molecule has 0 aliphatic rings. The second-order valence-corrected chi connectivity index (χ2v) is 5.19. The monoisotopic (exact) mass is 333 g/mol. The average molecular weight is 333 g/mol. The molecule has 0 aliphatic heterocycles. The standard InChI is InChI=1S/C18H23NO5/c1-21-15-6-7-17(22-2)14(11-15)12-18(20)19-8-4-9-23-13-16-5-3-10-24-16/h3,5-7,10-11H,4,8-9,12-13H2,1-2H3,(H,19,20). The number of furan rings is 1. The Morgan fingerprint density at radius 1 is 1.21 bits per heavy atom. The van der Waals surface area contributed by atoms with Crippen LogP contribution in [-0.4, -0.2) is 33.3 Å². The number of nitrogens with one attached hydrogen (secondary N) is 1. The molecule has 1 aromatic carbocycles. The molecule has 0 aliphatic carbocycles. The first-order valence-corrected chi connectivity index (χ1v) is 7.80. The van der Waals surface area contributed by atoms with Gasteiger partial charge in [-0.1, -0.05) is 0 Å². The molecule has 0 unspecified atom stereocenters. The van der Waals surface area contributed by atoms with Gasteiger partial charge in [0.15, 0.2) is 0 Å². The first-order chi connectivity index (χ1) is 11.7. The van der Waals surface area contributed by atoms with E-state index in [1.807, 2.05) is 18.2 Å². The maximum absolute atomic E-state index is 12.0. The summed E-state index contributed by atoms with van der Waals surface area (Å²) < 4.78 is 21.1. The van der Waals surface area contributed by atoms with Gasteiger partial charge in [-0.3, -0.25) is 4.79 Å². The minimum atomic E-state index is -0.0624. The molecule has 1 amide bonds. The fraction of sp³-hybridized carbons (Fsp3) is 0.389. The molecule has 2 aromatic rings. The summed E-state index contributed by atoms with van der Waals surface area (Å²) in [6.45, 7) is 1.56. The molecule has 0 spiro atoms. The zero-order valence-electron chi connectivity index (χ0n) is 14.0. The fourth-order valence-corrected chi connectivity index (χ4v) is 2.23. The smallest absolute Gasteiger partial charge is 0.224 e. The Balaban J connectivity index is 1.67. The zero-order chi connectivity index (χ0) is 17.2. The van der Waals surface area contributed by atoms with Gasteiger partial charge in [-0.15, -0.1) is 0 Å². The van der Waals surface area contributed by atoms with Crippen LogP contribution in [0.15, 0.2) is 41.0 Å². The third-order valence-electron chi connectivity index (χ3n) is 3.45. The molecular weight excluding hydrogens is 310 g/mol. The van der Waals surface area contributed by atoms with Crippen molar-refractivity contribution >= 4 is 5.91 Å². The first kappa shape index (κ1) is 17.9. The number of hydrogen-bond acceptors (Lipinski definition) is 5. The normalized spacial score (nSPS) is 10.4. The Morgan fingerprint density at radius 3 is 2.79 bits per heavy atom. The third-order valence-corrected chi connectivity index (χ3v) is 3.45. The highest BCUT2D eigenvalue weighted by Gasteiger charge is 2.10. The van der Waals surface area contributed by atoms with Crippen LogP contribution in [0, 0.1) is 0 Å². The Hall–Kier alpha value is -2.47. The molecule has 6 heteroatoms. The van der Waals surface area contributed by atoms with Crippen molar-refractivity contribution in [2.75, 3.05) is 27.4 Å². The summed E-state index contributed by atoms with van der Waals surface area (Å²) in [5.74, 6) is 2.11. The third kappa shape index (κ3) is 5.62. The number of hydrogen-bond donors (Lipinski definition) is 1. The Kier molecular flexibility index (Phi) is 7.17. The highest BCUT2D eigenvalue weighted by atomic mass is 16.5. The minimum Gasteiger partial charge on any atom is -0.497 e. The molecule has 1 N–H and O–H groups in total. The second-order valence-electron chi connectivity index (χ2n) is 5.19. The molecular formula is C18H23NO5. The quantitative estimate of drug-likeness (QED) is 0.677. The van der Waals surface area contributed by atoms with Gasteiger partial charge in [-0.25, -0.2) is 0 Å². The maximum atomic E-state index is 12.0. The van der Waals surface area contributed by atoms with E-state index in [9.17, 15) is 4.79 Å². The van der Waals surface area contributed by atoms with Crippen LogP contribution in [0.25, 0.3) is 0 Å². The maximum Gasteiger partial charge on any atom is 0.224 e. The molecule has 130 valence electrons. The molecule has 6 nitrogen and oxygen atoms in total. The summed E-state index contributed by atoms with van der Waals surface area (Å²) in [4.78, 5) is 12.0. The zero-order valence-corrected chi connectivity index (χ0v) is 14.0. The number of benzene rings is 1. The van der Waals surface area contributed by atoms with Crippen molar-refractivity contribution in [3.8, 4) is 11.5 Å². The molecule has 1 heterocycles. The number of carbonyl (C=O) groups excluding carboxylic acids is 1. The van der Waals surface area contributed by atoms with Gasteiger partial charge in [-0.2, -0.15) is 0 Å². The van der Waals surface area contributed by atoms with E-state index in [4.69, 9.17) is 18.6 Å². The average Bonchev–Trinajstić information content (AvgIpc) is 3.11. The fourth-order valence-electron chi connectivity index (χ4n) is 2.23. The van der Waals surface area contributed by atoms with Crippen LogP contribution >= 0.6 is 0 Å². The van der Waals surface area contributed by atoms with Crippen LogP contribution < -0.4 is 14.8 Å². The van der Waals surface area contributed by atoms with E-state index < -0.39 is 0 Å². The predicted octanol–water partition coefficient (Wildman–Crippen LogP) is 2.56. The van der Waals surface area contributed by atoms with Crippen LogP contribution in [0.1, 0.15) is 17.7 Å². The van der Waals surface area contributed by atoms with Crippen molar-refractivity contribution in [2.45, 2.75) is 19.4 Å². The van der Waals surface area contributed by atoms with Gasteiger partial charge >= 0.3 is 0 Å². The number of carbonyl (C=O) groups is 1. The lowest BCUT2D eigenvalue weighted by Gasteiger charge is -2.11. The van der Waals surface area contributed by atoms with Gasteiger partial charge in [0.05, 0.1) is 26.9 Å². The Labute approximate surface area is 141 Å². The van der Waals surface area contributed by atoms with Crippen LogP contribution in [0.2, 0.25) is 0 Å². The van der Waals surface area contributed by atoms with E-state index in [-0.39, 0.29) is 12.3 Å². The van der Waals surface area contributed by atoms with Crippen molar-refractivity contribution < 1.29 is 23.4 Å². The Bertz CT molecular complexity index is 624. The molecule has 0 radical (unpaired) electrons. The van der Waals surface area contributed by atoms with E-state index in [0.717, 1.165) is 17.7 Å². The number of methoxy groups -OCH3 is 2. The summed E-state index contributed by atoms with van der Waals surface area (Å²) in [7, 11) is 3.17. The molecule has 1 aromatic heterocycles. The molecule has 2 rings (SSSR count). The molecule has 0 saturated carbocycles. The predicted molar refractivity (Wildman–Crippen MR) is 89.2 cm³/mol. The van der Waals surface area contributed by atoms with Crippen molar-refractivity contribution in [3.63, 3.8) is 0 Å². The van der Waals surface area contributed by atoms with Crippen molar-refractivity contribution in [1.82, 2.24) is 5.32 Å². The largest absolute Gasteiger partial charge is 0.497 e. The highest BCUT2D eigenvalue weighted by Crippen LogP contribution is 2.24.